The molecule has 40 heavy (non-hydrogen) atoms. The molecule has 2 aromatic carbocycles. The van der Waals surface area contributed by atoms with Crippen LogP contribution in [0.4, 0.5) is 4.39 Å². The normalized spacial score (nSPS) is 22.0. The average molecular weight is 563 g/mol. The molecule has 1 saturated heterocycles. The molecule has 0 aliphatic carbocycles. The van der Waals surface area contributed by atoms with Crippen molar-refractivity contribution in [2.24, 2.45) is 0 Å². The summed E-state index contributed by atoms with van der Waals surface area (Å²) < 4.78 is 52.3. The molecule has 1 heterocycles. The third kappa shape index (κ3) is 8.94. The van der Waals surface area contributed by atoms with Crippen molar-refractivity contribution >= 4 is 23.9 Å². The molecule has 0 aromatic heterocycles. The highest BCUT2D eigenvalue weighted by molar-refractivity contribution is 5.68. The molecule has 11 nitrogen and oxygen atoms in total. The first-order valence-electron chi connectivity index (χ1n) is 12.5. The summed E-state index contributed by atoms with van der Waals surface area (Å²) in [7, 11) is 0. The van der Waals surface area contributed by atoms with E-state index in [2.05, 4.69) is 0 Å². The number of carbonyl (C=O) groups is 4. The Labute approximate surface area is 230 Å². The van der Waals surface area contributed by atoms with E-state index in [1.54, 1.807) is 24.3 Å². The van der Waals surface area contributed by atoms with Gasteiger partial charge in [-0.05, 0) is 35.9 Å². The Bertz CT molecular complexity index is 1180. The number of hydrogen-bond acceptors (Lipinski definition) is 11. The van der Waals surface area contributed by atoms with Gasteiger partial charge in [0.05, 0.1) is 6.61 Å². The summed E-state index contributed by atoms with van der Waals surface area (Å²) in [6.45, 7) is 4.47. The molecule has 0 radical (unpaired) electrons. The van der Waals surface area contributed by atoms with E-state index in [0.29, 0.717) is 23.5 Å². The maximum Gasteiger partial charge on any atom is 0.303 e. The molecule has 12 heteroatoms. The first-order valence-corrected chi connectivity index (χ1v) is 12.5. The summed E-state index contributed by atoms with van der Waals surface area (Å²) in [6, 6.07) is 12.5. The highest BCUT2D eigenvalue weighted by Gasteiger charge is 2.53. The van der Waals surface area contributed by atoms with Crippen molar-refractivity contribution in [2.45, 2.75) is 64.8 Å². The third-order valence-corrected chi connectivity index (χ3v) is 5.62. The summed E-state index contributed by atoms with van der Waals surface area (Å²) in [6.07, 6.45) is -6.12. The lowest BCUT2D eigenvalue weighted by Crippen LogP contribution is -2.63. The fourth-order valence-electron chi connectivity index (χ4n) is 4.04. The van der Waals surface area contributed by atoms with E-state index in [9.17, 15) is 23.6 Å². The van der Waals surface area contributed by atoms with E-state index < -0.39 is 54.6 Å². The number of ether oxygens (including phenoxy) is 7. The highest BCUT2D eigenvalue weighted by atomic mass is 19.1. The highest BCUT2D eigenvalue weighted by Crippen LogP contribution is 2.32. The second-order valence-corrected chi connectivity index (χ2v) is 8.85. The third-order valence-electron chi connectivity index (χ3n) is 5.62. The van der Waals surface area contributed by atoms with Crippen LogP contribution in [0, 0.1) is 5.82 Å². The van der Waals surface area contributed by atoms with Crippen molar-refractivity contribution in [3.05, 3.63) is 59.9 Å². The van der Waals surface area contributed by atoms with Gasteiger partial charge < -0.3 is 33.2 Å². The van der Waals surface area contributed by atoms with Crippen LogP contribution in [-0.4, -0.2) is 67.8 Å². The van der Waals surface area contributed by atoms with Gasteiger partial charge in [0.25, 0.3) is 0 Å². The fourth-order valence-corrected chi connectivity index (χ4v) is 4.04. The Morgan fingerprint density at radius 2 is 1.38 bits per heavy atom. The van der Waals surface area contributed by atoms with E-state index >= 15 is 0 Å². The number of halogens is 1. The summed E-state index contributed by atoms with van der Waals surface area (Å²) >= 11 is 0. The zero-order chi connectivity index (χ0) is 29.2. The average Bonchev–Trinajstić information content (AvgIpc) is 2.87. The van der Waals surface area contributed by atoms with Crippen LogP contribution in [0.1, 0.15) is 33.3 Å². The van der Waals surface area contributed by atoms with E-state index in [1.807, 2.05) is 0 Å². The van der Waals surface area contributed by atoms with E-state index in [4.69, 9.17) is 33.2 Å². The van der Waals surface area contributed by atoms with E-state index in [-0.39, 0.29) is 19.0 Å². The van der Waals surface area contributed by atoms with Crippen molar-refractivity contribution in [2.75, 3.05) is 13.2 Å². The molecule has 2 aromatic rings. The van der Waals surface area contributed by atoms with E-state index in [0.717, 1.165) is 20.8 Å². The van der Waals surface area contributed by atoms with Gasteiger partial charge in [-0.15, -0.1) is 0 Å². The Balaban J connectivity index is 1.88. The van der Waals surface area contributed by atoms with Crippen LogP contribution in [-0.2, 0) is 49.3 Å². The van der Waals surface area contributed by atoms with Crippen LogP contribution in [0.25, 0.3) is 0 Å². The minimum Gasteiger partial charge on any atom is -0.493 e. The van der Waals surface area contributed by atoms with Crippen LogP contribution >= 0.6 is 0 Å². The molecular weight excluding hydrogens is 531 g/mol. The van der Waals surface area contributed by atoms with Crippen molar-refractivity contribution in [3.8, 4) is 11.5 Å². The van der Waals surface area contributed by atoms with Gasteiger partial charge in [0, 0.05) is 34.1 Å². The van der Waals surface area contributed by atoms with Gasteiger partial charge in [-0.3, -0.25) is 19.2 Å². The monoisotopic (exact) mass is 562 g/mol. The van der Waals surface area contributed by atoms with Gasteiger partial charge in [-0.25, -0.2) is 4.39 Å². The lowest BCUT2D eigenvalue weighted by Gasteiger charge is -2.44. The number of carbonyl (C=O) groups excluding carboxylic acids is 4. The molecule has 3 rings (SSSR count). The summed E-state index contributed by atoms with van der Waals surface area (Å²) in [5, 5.41) is 0. The van der Waals surface area contributed by atoms with Crippen molar-refractivity contribution in [1.82, 2.24) is 0 Å². The molecule has 216 valence electrons. The van der Waals surface area contributed by atoms with Gasteiger partial charge in [0.15, 0.2) is 12.2 Å². The first kappa shape index (κ1) is 30.4. The van der Waals surface area contributed by atoms with Gasteiger partial charge >= 0.3 is 23.9 Å². The number of hydrogen-bond donors (Lipinski definition) is 0. The Hall–Kier alpha value is -4.19. The zero-order valence-electron chi connectivity index (χ0n) is 22.5. The smallest absolute Gasteiger partial charge is 0.303 e. The van der Waals surface area contributed by atoms with Crippen molar-refractivity contribution in [3.63, 3.8) is 0 Å². The molecule has 0 N–H and O–H groups in total. The maximum absolute atomic E-state index is 13.2. The molecule has 1 unspecified atom stereocenters. The minimum absolute atomic E-state index is 0.227. The van der Waals surface area contributed by atoms with Gasteiger partial charge in [0.1, 0.15) is 30.0 Å². The lowest BCUT2D eigenvalue weighted by molar-refractivity contribution is -0.288. The predicted octanol–water partition coefficient (Wildman–Crippen LogP) is 2.91. The SMILES string of the molecule is CC(=O)OC[C@H]1OC(Oc2ccccc2CCOc2ccc(F)cc2)[C@H](OC(C)=O)[C@@H](OC(C)=O)[C@@H]1OC(C)=O. The maximum atomic E-state index is 13.2. The number of para-hydroxylation sites is 1. The van der Waals surface area contributed by atoms with Crippen LogP contribution in [0.3, 0.4) is 0 Å². The summed E-state index contributed by atoms with van der Waals surface area (Å²) in [5.74, 6) is -2.39. The second-order valence-electron chi connectivity index (χ2n) is 8.85. The molecule has 0 bridgehead atoms. The largest absolute Gasteiger partial charge is 0.493 e. The quantitative estimate of drug-likeness (QED) is 0.296. The Kier molecular flexibility index (Phi) is 10.8. The molecule has 1 aliphatic heterocycles. The van der Waals surface area contributed by atoms with Gasteiger partial charge in [-0.1, -0.05) is 18.2 Å². The predicted molar refractivity (Wildman–Crippen MR) is 135 cm³/mol. The van der Waals surface area contributed by atoms with Crippen LogP contribution in [0.15, 0.2) is 48.5 Å². The minimum atomic E-state index is -1.36. The van der Waals surface area contributed by atoms with Crippen LogP contribution in [0.2, 0.25) is 0 Å². The molecular formula is C28H31FO11. The zero-order valence-corrected chi connectivity index (χ0v) is 22.5. The van der Waals surface area contributed by atoms with Crippen LogP contribution < -0.4 is 9.47 Å². The molecule has 0 spiro atoms. The second kappa shape index (κ2) is 14.3. The van der Waals surface area contributed by atoms with E-state index in [1.165, 1.54) is 31.2 Å². The summed E-state index contributed by atoms with van der Waals surface area (Å²) in [5.41, 5.74) is 0.692. The summed E-state index contributed by atoms with van der Waals surface area (Å²) in [4.78, 5) is 47.5. The molecule has 1 aliphatic rings. The molecule has 5 atom stereocenters. The Morgan fingerprint density at radius 3 is 2.00 bits per heavy atom. The van der Waals surface area contributed by atoms with Crippen LogP contribution in [0.5, 0.6) is 11.5 Å². The van der Waals surface area contributed by atoms with Crippen molar-refractivity contribution < 1.29 is 56.7 Å². The molecule has 0 amide bonds. The standard InChI is InChI=1S/C28H31FO11/c1-16(30)35-15-24-25(36-17(2)31)26(37-18(3)32)27(38-19(4)33)28(40-24)39-23-8-6-5-7-20(23)13-14-34-22-11-9-21(29)10-12-22/h5-12,24-28H,13-15H2,1-4H3/t24-,25-,26+,27-,28?/m1/s1. The number of esters is 4. The number of benzene rings is 2. The van der Waals surface area contributed by atoms with Gasteiger partial charge in [0.2, 0.25) is 12.4 Å². The topological polar surface area (TPSA) is 133 Å². The number of rotatable bonds is 11. The van der Waals surface area contributed by atoms with Crippen molar-refractivity contribution in [1.29, 1.82) is 0 Å². The lowest BCUT2D eigenvalue weighted by atomic mass is 9.98. The fraction of sp³-hybridized carbons (Fsp3) is 0.429. The first-order chi connectivity index (χ1) is 19.0. The Morgan fingerprint density at radius 1 is 0.775 bits per heavy atom. The van der Waals surface area contributed by atoms with Gasteiger partial charge in [-0.2, -0.15) is 0 Å². The molecule has 0 saturated carbocycles. The molecule has 1 fully saturated rings.